The Kier molecular flexibility index (Phi) is 6.81. The maximum atomic E-state index is 12.5. The number of aromatic nitrogens is 1. The molecule has 2 rings (SSSR count). The van der Waals surface area contributed by atoms with E-state index in [1.807, 2.05) is 0 Å². The molecule has 0 bridgehead atoms. The molecule has 150 valence electrons. The average Bonchev–Trinajstić information content (AvgIpc) is 2.96. The summed E-state index contributed by atoms with van der Waals surface area (Å²) in [5.41, 5.74) is 1.85. The number of methoxy groups -OCH3 is 1. The molecular formula is C20H24N2O6. The van der Waals surface area contributed by atoms with Crippen molar-refractivity contribution in [1.82, 2.24) is 4.98 Å². The lowest BCUT2D eigenvalue weighted by molar-refractivity contribution is -0.123. The zero-order chi connectivity index (χ0) is 20.8. The lowest BCUT2D eigenvalue weighted by atomic mass is 10.1. The van der Waals surface area contributed by atoms with Crippen LogP contribution in [0.5, 0.6) is 5.75 Å². The van der Waals surface area contributed by atoms with Gasteiger partial charge >= 0.3 is 11.9 Å². The Morgan fingerprint density at radius 3 is 2.32 bits per heavy atom. The fourth-order valence-corrected chi connectivity index (χ4v) is 2.65. The normalized spacial score (nSPS) is 11.5. The number of carbonyl (C=O) groups excluding carboxylic acids is 3. The number of amides is 1. The van der Waals surface area contributed by atoms with E-state index in [2.05, 4.69) is 10.3 Å². The minimum atomic E-state index is -1.03. The molecule has 0 aliphatic heterocycles. The van der Waals surface area contributed by atoms with Crippen molar-refractivity contribution >= 4 is 23.5 Å². The van der Waals surface area contributed by atoms with Gasteiger partial charge in [-0.05, 0) is 57.5 Å². The lowest BCUT2D eigenvalue weighted by Gasteiger charge is -2.14. The molecule has 2 aromatic rings. The van der Waals surface area contributed by atoms with Crippen molar-refractivity contribution in [2.24, 2.45) is 0 Å². The first kappa shape index (κ1) is 21.0. The Morgan fingerprint density at radius 1 is 1.11 bits per heavy atom. The number of benzene rings is 1. The van der Waals surface area contributed by atoms with E-state index >= 15 is 0 Å². The van der Waals surface area contributed by atoms with Crippen LogP contribution in [0.15, 0.2) is 24.3 Å². The maximum Gasteiger partial charge on any atom is 0.355 e. The van der Waals surface area contributed by atoms with Gasteiger partial charge in [-0.15, -0.1) is 0 Å². The van der Waals surface area contributed by atoms with E-state index in [4.69, 9.17) is 14.2 Å². The molecule has 1 heterocycles. The molecular weight excluding hydrogens is 364 g/mol. The van der Waals surface area contributed by atoms with Crippen LogP contribution in [-0.2, 0) is 14.3 Å². The summed E-state index contributed by atoms with van der Waals surface area (Å²) < 4.78 is 15.3. The number of carbonyl (C=O) groups is 3. The summed E-state index contributed by atoms with van der Waals surface area (Å²) in [5, 5.41) is 2.67. The van der Waals surface area contributed by atoms with Crippen molar-refractivity contribution in [3.05, 3.63) is 46.8 Å². The Balaban J connectivity index is 2.07. The molecule has 0 unspecified atom stereocenters. The number of hydrogen-bond donors (Lipinski definition) is 2. The minimum Gasteiger partial charge on any atom is -0.497 e. The fraction of sp³-hybridized carbons (Fsp3) is 0.350. The zero-order valence-electron chi connectivity index (χ0n) is 16.5. The van der Waals surface area contributed by atoms with Crippen molar-refractivity contribution in [3.8, 4) is 5.75 Å². The van der Waals surface area contributed by atoms with Gasteiger partial charge in [-0.1, -0.05) is 0 Å². The van der Waals surface area contributed by atoms with Crippen LogP contribution in [0.4, 0.5) is 5.69 Å². The van der Waals surface area contributed by atoms with Crippen LogP contribution in [0, 0.1) is 13.8 Å². The standard InChI is InChI=1S/C20H24N2O6/c1-6-27-20(25)17-11(2)16(12(3)21-17)19(24)28-13(4)18(23)22-14-7-9-15(26-5)10-8-14/h7-10,13,21H,6H2,1-5H3,(H,22,23)/t13-/m1/s1. The zero-order valence-corrected chi connectivity index (χ0v) is 16.5. The number of H-pyrrole nitrogens is 1. The molecule has 0 spiro atoms. The number of anilines is 1. The maximum absolute atomic E-state index is 12.5. The molecule has 0 saturated heterocycles. The van der Waals surface area contributed by atoms with Gasteiger partial charge in [0.1, 0.15) is 11.4 Å². The van der Waals surface area contributed by atoms with E-state index in [0.29, 0.717) is 22.7 Å². The fourth-order valence-electron chi connectivity index (χ4n) is 2.65. The van der Waals surface area contributed by atoms with E-state index in [-0.39, 0.29) is 17.9 Å². The minimum absolute atomic E-state index is 0.196. The SMILES string of the molecule is CCOC(=O)c1[nH]c(C)c(C(=O)O[C@H](C)C(=O)Nc2ccc(OC)cc2)c1C. The molecule has 0 radical (unpaired) electrons. The molecule has 0 saturated carbocycles. The average molecular weight is 388 g/mol. The van der Waals surface area contributed by atoms with Crippen molar-refractivity contribution in [2.75, 3.05) is 19.0 Å². The van der Waals surface area contributed by atoms with E-state index in [1.165, 1.54) is 6.92 Å². The number of aromatic amines is 1. The largest absolute Gasteiger partial charge is 0.497 e. The van der Waals surface area contributed by atoms with Crippen LogP contribution in [0.3, 0.4) is 0 Å². The van der Waals surface area contributed by atoms with Crippen molar-refractivity contribution in [3.63, 3.8) is 0 Å². The summed E-state index contributed by atoms with van der Waals surface area (Å²) in [6.45, 7) is 6.66. The van der Waals surface area contributed by atoms with Crippen LogP contribution in [0.2, 0.25) is 0 Å². The second-order valence-corrected chi connectivity index (χ2v) is 6.11. The molecule has 8 nitrogen and oxygen atoms in total. The van der Waals surface area contributed by atoms with Crippen LogP contribution in [0.1, 0.15) is 46.0 Å². The molecule has 0 aliphatic carbocycles. The molecule has 0 aliphatic rings. The van der Waals surface area contributed by atoms with Gasteiger partial charge in [-0.25, -0.2) is 9.59 Å². The predicted octanol–water partition coefficient (Wildman–Crippen LogP) is 3.00. The third kappa shape index (κ3) is 4.70. The van der Waals surface area contributed by atoms with E-state index in [0.717, 1.165) is 0 Å². The quantitative estimate of drug-likeness (QED) is 0.706. The highest BCUT2D eigenvalue weighted by Gasteiger charge is 2.26. The first-order valence-electron chi connectivity index (χ1n) is 8.80. The van der Waals surface area contributed by atoms with Crippen LogP contribution >= 0.6 is 0 Å². The highest BCUT2D eigenvalue weighted by Crippen LogP contribution is 2.21. The summed E-state index contributed by atoms with van der Waals surface area (Å²) in [6.07, 6.45) is -1.03. The number of esters is 2. The molecule has 2 N–H and O–H groups in total. The van der Waals surface area contributed by atoms with Gasteiger partial charge in [0, 0.05) is 11.4 Å². The highest BCUT2D eigenvalue weighted by atomic mass is 16.5. The van der Waals surface area contributed by atoms with Crippen LogP contribution in [0.25, 0.3) is 0 Å². The lowest BCUT2D eigenvalue weighted by Crippen LogP contribution is -2.30. The molecule has 1 amide bonds. The summed E-state index contributed by atoms with van der Waals surface area (Å²) in [7, 11) is 1.55. The second-order valence-electron chi connectivity index (χ2n) is 6.11. The first-order valence-corrected chi connectivity index (χ1v) is 8.80. The molecule has 1 aromatic heterocycles. The van der Waals surface area contributed by atoms with Gasteiger partial charge in [0.2, 0.25) is 0 Å². The van der Waals surface area contributed by atoms with Crippen molar-refractivity contribution in [2.45, 2.75) is 33.8 Å². The van der Waals surface area contributed by atoms with Crippen molar-refractivity contribution in [1.29, 1.82) is 0 Å². The number of nitrogens with one attached hydrogen (secondary N) is 2. The van der Waals surface area contributed by atoms with Gasteiger partial charge < -0.3 is 24.5 Å². The number of hydrogen-bond acceptors (Lipinski definition) is 6. The van der Waals surface area contributed by atoms with Crippen molar-refractivity contribution < 1.29 is 28.6 Å². The van der Waals surface area contributed by atoms with Gasteiger partial charge in [0.05, 0.1) is 19.3 Å². The monoisotopic (exact) mass is 388 g/mol. The van der Waals surface area contributed by atoms with Gasteiger partial charge in [0.15, 0.2) is 6.10 Å². The Bertz CT molecular complexity index is 870. The predicted molar refractivity (Wildman–Crippen MR) is 103 cm³/mol. The Hall–Kier alpha value is -3.29. The topological polar surface area (TPSA) is 107 Å². The first-order chi connectivity index (χ1) is 13.3. The highest BCUT2D eigenvalue weighted by molar-refractivity contribution is 6.01. The van der Waals surface area contributed by atoms with Gasteiger partial charge in [-0.3, -0.25) is 4.79 Å². The second kappa shape index (κ2) is 9.07. The van der Waals surface area contributed by atoms with Gasteiger partial charge in [0.25, 0.3) is 5.91 Å². The van der Waals surface area contributed by atoms with E-state index in [1.54, 1.807) is 52.1 Å². The van der Waals surface area contributed by atoms with Crippen LogP contribution in [-0.4, -0.2) is 42.7 Å². The summed E-state index contributed by atoms with van der Waals surface area (Å²) in [6, 6.07) is 6.76. The molecule has 1 aromatic carbocycles. The van der Waals surface area contributed by atoms with E-state index < -0.39 is 23.9 Å². The molecule has 28 heavy (non-hydrogen) atoms. The van der Waals surface area contributed by atoms with Gasteiger partial charge in [-0.2, -0.15) is 0 Å². The molecule has 0 fully saturated rings. The Morgan fingerprint density at radius 2 is 1.75 bits per heavy atom. The smallest absolute Gasteiger partial charge is 0.355 e. The third-order valence-corrected chi connectivity index (χ3v) is 4.13. The van der Waals surface area contributed by atoms with Crippen LogP contribution < -0.4 is 10.1 Å². The summed E-state index contributed by atoms with van der Waals surface area (Å²) >= 11 is 0. The Labute approximate surface area is 163 Å². The van der Waals surface area contributed by atoms with E-state index in [9.17, 15) is 14.4 Å². The number of ether oxygens (including phenoxy) is 3. The molecule has 1 atom stereocenters. The number of aryl methyl sites for hydroxylation is 1. The summed E-state index contributed by atoms with van der Waals surface area (Å²) in [5.74, 6) is -1.06. The summed E-state index contributed by atoms with van der Waals surface area (Å²) in [4.78, 5) is 39.6. The number of rotatable bonds is 7. The third-order valence-electron chi connectivity index (χ3n) is 4.13. The molecule has 8 heteroatoms.